The molecule has 1 amide bonds. The summed E-state index contributed by atoms with van der Waals surface area (Å²) in [5.74, 6) is 0.618. The number of amides is 1. The van der Waals surface area contributed by atoms with E-state index in [1.807, 2.05) is 0 Å². The summed E-state index contributed by atoms with van der Waals surface area (Å²) in [6.45, 7) is 4.81. The van der Waals surface area contributed by atoms with Gasteiger partial charge in [0.05, 0.1) is 17.4 Å². The Morgan fingerprint density at radius 2 is 2.12 bits per heavy atom. The molecule has 0 spiro atoms. The van der Waals surface area contributed by atoms with Crippen molar-refractivity contribution in [3.8, 4) is 0 Å². The van der Waals surface area contributed by atoms with Crippen molar-refractivity contribution >= 4 is 17.5 Å². The van der Waals surface area contributed by atoms with Crippen LogP contribution >= 0.6 is 11.6 Å². The summed E-state index contributed by atoms with van der Waals surface area (Å²) in [6, 6.07) is 0. The molecule has 0 heterocycles. The second-order valence-electron chi connectivity index (χ2n) is 5.45. The third-order valence-corrected chi connectivity index (χ3v) is 3.76. The number of methoxy groups -OCH3 is 1. The molecule has 1 saturated carbocycles. The van der Waals surface area contributed by atoms with Crippen LogP contribution in [0.4, 0.5) is 0 Å². The Morgan fingerprint density at radius 3 is 2.53 bits per heavy atom. The van der Waals surface area contributed by atoms with Gasteiger partial charge in [-0.2, -0.15) is 0 Å². The Labute approximate surface area is 109 Å². The van der Waals surface area contributed by atoms with Crippen LogP contribution < -0.4 is 5.32 Å². The number of rotatable bonds is 7. The number of alkyl halides is 1. The average Bonchev–Trinajstić information content (AvgIpc) is 2.19. The molecule has 0 aromatic carbocycles. The molecule has 0 saturated heterocycles. The SMILES string of the molecule is COC1(CC(=O)NCC(Cl)CC(C)C)CCC1. The van der Waals surface area contributed by atoms with E-state index in [9.17, 15) is 4.79 Å². The summed E-state index contributed by atoms with van der Waals surface area (Å²) in [5, 5.41) is 2.92. The van der Waals surface area contributed by atoms with Crippen LogP contribution in [-0.2, 0) is 9.53 Å². The molecule has 1 aliphatic rings. The van der Waals surface area contributed by atoms with E-state index in [4.69, 9.17) is 16.3 Å². The summed E-state index contributed by atoms with van der Waals surface area (Å²) in [5.41, 5.74) is -0.191. The van der Waals surface area contributed by atoms with Crippen molar-refractivity contribution in [1.82, 2.24) is 5.32 Å². The first-order chi connectivity index (χ1) is 7.97. The Hall–Kier alpha value is -0.280. The topological polar surface area (TPSA) is 38.3 Å². The second-order valence-corrected chi connectivity index (χ2v) is 6.07. The maximum Gasteiger partial charge on any atom is 0.222 e. The molecule has 1 aliphatic carbocycles. The van der Waals surface area contributed by atoms with Crippen molar-refractivity contribution in [2.45, 2.75) is 56.9 Å². The van der Waals surface area contributed by atoms with E-state index >= 15 is 0 Å². The second kappa shape index (κ2) is 6.60. The Balaban J connectivity index is 2.21. The monoisotopic (exact) mass is 261 g/mol. The zero-order valence-corrected chi connectivity index (χ0v) is 11.8. The fourth-order valence-corrected chi connectivity index (χ4v) is 2.63. The van der Waals surface area contributed by atoms with Crippen LogP contribution in [0.15, 0.2) is 0 Å². The van der Waals surface area contributed by atoms with Gasteiger partial charge in [0.25, 0.3) is 0 Å². The number of carbonyl (C=O) groups is 1. The molecule has 3 nitrogen and oxygen atoms in total. The fourth-order valence-electron chi connectivity index (χ4n) is 2.20. The van der Waals surface area contributed by atoms with Crippen molar-refractivity contribution in [2.75, 3.05) is 13.7 Å². The van der Waals surface area contributed by atoms with Crippen LogP contribution in [0.5, 0.6) is 0 Å². The lowest BCUT2D eigenvalue weighted by Crippen LogP contribution is -2.44. The van der Waals surface area contributed by atoms with Crippen LogP contribution in [0.25, 0.3) is 0 Å². The molecule has 4 heteroatoms. The smallest absolute Gasteiger partial charge is 0.222 e. The van der Waals surface area contributed by atoms with Crippen LogP contribution in [-0.4, -0.2) is 30.5 Å². The fraction of sp³-hybridized carbons (Fsp3) is 0.923. The van der Waals surface area contributed by atoms with E-state index in [1.54, 1.807) is 7.11 Å². The van der Waals surface area contributed by atoms with Crippen LogP contribution in [0.1, 0.15) is 46.0 Å². The summed E-state index contributed by atoms with van der Waals surface area (Å²) in [4.78, 5) is 11.8. The first-order valence-electron chi connectivity index (χ1n) is 6.43. The van der Waals surface area contributed by atoms with Crippen LogP contribution in [0.2, 0.25) is 0 Å². The van der Waals surface area contributed by atoms with Gasteiger partial charge < -0.3 is 10.1 Å². The predicted octanol–water partition coefficient (Wildman–Crippen LogP) is 2.72. The zero-order chi connectivity index (χ0) is 12.9. The number of hydrogen-bond donors (Lipinski definition) is 1. The van der Waals surface area contributed by atoms with Gasteiger partial charge in [0, 0.05) is 13.7 Å². The van der Waals surface area contributed by atoms with Gasteiger partial charge in [-0.25, -0.2) is 0 Å². The lowest BCUT2D eigenvalue weighted by molar-refractivity contribution is -0.134. The molecule has 0 aliphatic heterocycles. The molecule has 0 radical (unpaired) electrons. The predicted molar refractivity (Wildman–Crippen MR) is 70.3 cm³/mol. The van der Waals surface area contributed by atoms with Gasteiger partial charge in [-0.3, -0.25) is 4.79 Å². The third-order valence-electron chi connectivity index (χ3n) is 3.43. The number of halogens is 1. The quantitative estimate of drug-likeness (QED) is 0.716. The molecule has 0 aromatic heterocycles. The van der Waals surface area contributed by atoms with Crippen LogP contribution in [0.3, 0.4) is 0 Å². The van der Waals surface area contributed by atoms with Gasteiger partial charge >= 0.3 is 0 Å². The molecule has 1 rings (SSSR count). The summed E-state index contributed by atoms with van der Waals surface area (Å²) in [7, 11) is 1.69. The van der Waals surface area contributed by atoms with Gasteiger partial charge in [-0.05, 0) is 31.6 Å². The maximum absolute atomic E-state index is 11.8. The number of hydrogen-bond acceptors (Lipinski definition) is 2. The first kappa shape index (κ1) is 14.8. The Bertz CT molecular complexity index is 246. The molecule has 1 unspecified atom stereocenters. The molecular weight excluding hydrogens is 238 g/mol. The van der Waals surface area contributed by atoms with E-state index < -0.39 is 0 Å². The largest absolute Gasteiger partial charge is 0.378 e. The molecule has 0 bridgehead atoms. The normalized spacial score (nSPS) is 19.8. The molecule has 1 N–H and O–H groups in total. The standard InChI is InChI=1S/C13H24ClNO2/c1-10(2)7-11(14)9-15-12(16)8-13(17-3)5-4-6-13/h10-11H,4-9H2,1-3H3,(H,15,16). The van der Waals surface area contributed by atoms with Gasteiger partial charge in [0.15, 0.2) is 0 Å². The number of nitrogens with one attached hydrogen (secondary N) is 1. The molecule has 1 fully saturated rings. The highest BCUT2D eigenvalue weighted by molar-refractivity contribution is 6.20. The van der Waals surface area contributed by atoms with Crippen molar-refractivity contribution in [3.05, 3.63) is 0 Å². The third kappa shape index (κ3) is 4.84. The van der Waals surface area contributed by atoms with E-state index in [1.165, 1.54) is 0 Å². The summed E-state index contributed by atoms with van der Waals surface area (Å²) < 4.78 is 5.42. The van der Waals surface area contributed by atoms with Crippen molar-refractivity contribution in [2.24, 2.45) is 5.92 Å². The van der Waals surface area contributed by atoms with E-state index in [0.717, 1.165) is 25.7 Å². The molecular formula is C13H24ClNO2. The minimum Gasteiger partial charge on any atom is -0.378 e. The van der Waals surface area contributed by atoms with Crippen molar-refractivity contribution in [3.63, 3.8) is 0 Å². The number of carbonyl (C=O) groups excluding carboxylic acids is 1. The molecule has 100 valence electrons. The maximum atomic E-state index is 11.8. The zero-order valence-electron chi connectivity index (χ0n) is 11.1. The Morgan fingerprint density at radius 1 is 1.47 bits per heavy atom. The summed E-state index contributed by atoms with van der Waals surface area (Å²) >= 11 is 6.13. The number of ether oxygens (including phenoxy) is 1. The highest BCUT2D eigenvalue weighted by Gasteiger charge is 2.38. The van der Waals surface area contributed by atoms with Crippen molar-refractivity contribution in [1.29, 1.82) is 0 Å². The van der Waals surface area contributed by atoms with Crippen molar-refractivity contribution < 1.29 is 9.53 Å². The minimum atomic E-state index is -0.191. The highest BCUT2D eigenvalue weighted by Crippen LogP contribution is 2.37. The summed E-state index contributed by atoms with van der Waals surface area (Å²) in [6.07, 6.45) is 4.54. The molecule has 1 atom stereocenters. The molecule has 0 aromatic rings. The lowest BCUT2D eigenvalue weighted by Gasteiger charge is -2.39. The first-order valence-corrected chi connectivity index (χ1v) is 6.87. The molecule has 17 heavy (non-hydrogen) atoms. The van der Waals surface area contributed by atoms with Gasteiger partial charge in [0.2, 0.25) is 5.91 Å². The van der Waals surface area contributed by atoms with Gasteiger partial charge in [-0.15, -0.1) is 11.6 Å². The highest BCUT2D eigenvalue weighted by atomic mass is 35.5. The average molecular weight is 262 g/mol. The Kier molecular flexibility index (Phi) is 5.74. The van der Waals surface area contributed by atoms with E-state index in [0.29, 0.717) is 18.9 Å². The van der Waals surface area contributed by atoms with E-state index in [-0.39, 0.29) is 16.9 Å². The van der Waals surface area contributed by atoms with Gasteiger partial charge in [0.1, 0.15) is 0 Å². The van der Waals surface area contributed by atoms with Gasteiger partial charge in [-0.1, -0.05) is 13.8 Å². The van der Waals surface area contributed by atoms with Crippen LogP contribution in [0, 0.1) is 5.92 Å². The lowest BCUT2D eigenvalue weighted by atomic mass is 9.77. The van der Waals surface area contributed by atoms with E-state index in [2.05, 4.69) is 19.2 Å². The minimum absolute atomic E-state index is 0.0267.